The number of nitrogens with zero attached hydrogens (tertiary/aromatic N) is 3. The minimum absolute atomic E-state index is 0.0322. The number of aromatic nitrogens is 1. The summed E-state index contributed by atoms with van der Waals surface area (Å²) in [6.07, 6.45) is 3.49. The van der Waals surface area contributed by atoms with Gasteiger partial charge in [-0.2, -0.15) is 0 Å². The van der Waals surface area contributed by atoms with Crippen LogP contribution < -0.4 is 10.2 Å². The average molecular weight is 359 g/mol. The summed E-state index contributed by atoms with van der Waals surface area (Å²) in [6, 6.07) is 7.93. The van der Waals surface area contributed by atoms with E-state index in [-0.39, 0.29) is 6.03 Å². The molecular formula is C19H23ClN4O. The van der Waals surface area contributed by atoms with Crippen molar-refractivity contribution in [2.45, 2.75) is 20.4 Å². The molecule has 2 amide bonds. The number of piperazine rings is 1. The highest BCUT2D eigenvalue weighted by molar-refractivity contribution is 6.33. The van der Waals surface area contributed by atoms with Crippen LogP contribution >= 0.6 is 11.6 Å². The van der Waals surface area contributed by atoms with E-state index in [9.17, 15) is 4.79 Å². The summed E-state index contributed by atoms with van der Waals surface area (Å²) in [4.78, 5) is 20.5. The molecular weight excluding hydrogens is 336 g/mol. The lowest BCUT2D eigenvalue weighted by Gasteiger charge is -2.37. The third kappa shape index (κ3) is 4.23. The molecule has 0 unspecified atom stereocenters. The van der Waals surface area contributed by atoms with E-state index in [0.717, 1.165) is 29.4 Å². The molecule has 1 N–H and O–H groups in total. The SMILES string of the molecule is Cc1cc(C)c(N2CCN(C(=O)NCc3cccnc3)CC2)c(Cl)c1. The Labute approximate surface area is 153 Å². The van der Waals surface area contributed by atoms with E-state index in [4.69, 9.17) is 11.6 Å². The number of halogens is 1. The molecule has 1 aromatic carbocycles. The van der Waals surface area contributed by atoms with Gasteiger partial charge in [-0.05, 0) is 42.7 Å². The summed E-state index contributed by atoms with van der Waals surface area (Å²) in [5, 5.41) is 3.74. The van der Waals surface area contributed by atoms with Crippen molar-refractivity contribution in [3.05, 3.63) is 58.4 Å². The van der Waals surface area contributed by atoms with E-state index < -0.39 is 0 Å². The van der Waals surface area contributed by atoms with Crippen LogP contribution in [0.4, 0.5) is 10.5 Å². The van der Waals surface area contributed by atoms with Gasteiger partial charge in [0.2, 0.25) is 0 Å². The van der Waals surface area contributed by atoms with Crippen LogP contribution in [0, 0.1) is 13.8 Å². The maximum absolute atomic E-state index is 12.3. The molecule has 25 heavy (non-hydrogen) atoms. The number of carbonyl (C=O) groups is 1. The van der Waals surface area contributed by atoms with Crippen LogP contribution in [0.25, 0.3) is 0 Å². The average Bonchev–Trinajstić information content (AvgIpc) is 2.60. The number of nitrogens with one attached hydrogen (secondary N) is 1. The Morgan fingerprint density at radius 2 is 2.00 bits per heavy atom. The Hall–Kier alpha value is -2.27. The zero-order valence-corrected chi connectivity index (χ0v) is 15.4. The zero-order valence-electron chi connectivity index (χ0n) is 14.6. The van der Waals surface area contributed by atoms with Gasteiger partial charge in [-0.3, -0.25) is 4.98 Å². The normalized spacial score (nSPS) is 14.5. The molecule has 1 aromatic heterocycles. The van der Waals surface area contributed by atoms with Crippen molar-refractivity contribution >= 4 is 23.3 Å². The van der Waals surface area contributed by atoms with Crippen molar-refractivity contribution in [3.63, 3.8) is 0 Å². The monoisotopic (exact) mass is 358 g/mol. The van der Waals surface area contributed by atoms with E-state index in [0.29, 0.717) is 19.6 Å². The van der Waals surface area contributed by atoms with E-state index >= 15 is 0 Å². The zero-order chi connectivity index (χ0) is 17.8. The second kappa shape index (κ2) is 7.74. The van der Waals surface area contributed by atoms with Crippen LogP contribution in [0.1, 0.15) is 16.7 Å². The smallest absolute Gasteiger partial charge is 0.317 e. The summed E-state index contributed by atoms with van der Waals surface area (Å²) < 4.78 is 0. The number of pyridine rings is 1. The first-order chi connectivity index (χ1) is 12.0. The summed E-state index contributed by atoms with van der Waals surface area (Å²) in [5.41, 5.74) is 4.43. The van der Waals surface area contributed by atoms with Gasteiger partial charge in [0.15, 0.2) is 0 Å². The molecule has 132 valence electrons. The molecule has 0 atom stereocenters. The highest BCUT2D eigenvalue weighted by Gasteiger charge is 2.23. The first kappa shape index (κ1) is 17.5. The molecule has 6 heteroatoms. The van der Waals surface area contributed by atoms with Gasteiger partial charge in [0.25, 0.3) is 0 Å². The van der Waals surface area contributed by atoms with E-state index in [1.165, 1.54) is 11.1 Å². The molecule has 0 aliphatic carbocycles. The second-order valence-corrected chi connectivity index (χ2v) is 6.81. The number of amides is 2. The minimum atomic E-state index is -0.0322. The van der Waals surface area contributed by atoms with Gasteiger partial charge < -0.3 is 15.1 Å². The molecule has 0 bridgehead atoms. The topological polar surface area (TPSA) is 48.5 Å². The van der Waals surface area contributed by atoms with Gasteiger partial charge >= 0.3 is 6.03 Å². The molecule has 1 aliphatic rings. The van der Waals surface area contributed by atoms with E-state index in [1.54, 1.807) is 12.4 Å². The number of aryl methyl sites for hydroxylation is 2. The lowest BCUT2D eigenvalue weighted by atomic mass is 10.1. The first-order valence-electron chi connectivity index (χ1n) is 8.48. The third-order valence-electron chi connectivity index (χ3n) is 4.45. The highest BCUT2D eigenvalue weighted by Crippen LogP contribution is 2.31. The molecule has 3 rings (SSSR count). The van der Waals surface area contributed by atoms with E-state index in [1.807, 2.05) is 30.0 Å². The van der Waals surface area contributed by atoms with Crippen molar-refractivity contribution in [1.82, 2.24) is 15.2 Å². The molecule has 5 nitrogen and oxygen atoms in total. The van der Waals surface area contributed by atoms with Crippen molar-refractivity contribution in [2.24, 2.45) is 0 Å². The van der Waals surface area contributed by atoms with Crippen LogP contribution in [0.15, 0.2) is 36.7 Å². The standard InChI is InChI=1S/C19H23ClN4O/c1-14-10-15(2)18(17(20)11-14)23-6-8-24(9-7-23)19(25)22-13-16-4-3-5-21-12-16/h3-5,10-12H,6-9,13H2,1-2H3,(H,22,25). The van der Waals surface area contributed by atoms with Gasteiger partial charge in [-0.15, -0.1) is 0 Å². The Balaban J connectivity index is 1.56. The van der Waals surface area contributed by atoms with Crippen LogP contribution in [-0.2, 0) is 6.54 Å². The summed E-state index contributed by atoms with van der Waals surface area (Å²) in [7, 11) is 0. The maximum atomic E-state index is 12.3. The number of urea groups is 1. The van der Waals surface area contributed by atoms with Crippen LogP contribution in [-0.4, -0.2) is 42.1 Å². The molecule has 2 aromatic rings. The number of rotatable bonds is 3. The predicted octanol–water partition coefficient (Wildman–Crippen LogP) is 3.38. The van der Waals surface area contributed by atoms with Crippen molar-refractivity contribution < 1.29 is 4.79 Å². The van der Waals surface area contributed by atoms with Gasteiger partial charge in [0.1, 0.15) is 0 Å². The van der Waals surface area contributed by atoms with Crippen molar-refractivity contribution in [2.75, 3.05) is 31.1 Å². The molecule has 1 fully saturated rings. The number of carbonyl (C=O) groups excluding carboxylic acids is 1. The molecule has 2 heterocycles. The number of hydrogen-bond donors (Lipinski definition) is 1. The summed E-state index contributed by atoms with van der Waals surface area (Å²) in [6.45, 7) is 7.56. The molecule has 1 aliphatic heterocycles. The van der Waals surface area contributed by atoms with Gasteiger partial charge in [0, 0.05) is 45.1 Å². The number of hydrogen-bond acceptors (Lipinski definition) is 3. The predicted molar refractivity (Wildman–Crippen MR) is 101 cm³/mol. The minimum Gasteiger partial charge on any atom is -0.367 e. The maximum Gasteiger partial charge on any atom is 0.317 e. The fourth-order valence-electron chi connectivity index (χ4n) is 3.23. The fraction of sp³-hybridized carbons (Fsp3) is 0.368. The summed E-state index contributed by atoms with van der Waals surface area (Å²) >= 11 is 6.44. The Kier molecular flexibility index (Phi) is 5.43. The number of anilines is 1. The lowest BCUT2D eigenvalue weighted by molar-refractivity contribution is 0.194. The van der Waals surface area contributed by atoms with Crippen LogP contribution in [0.3, 0.4) is 0 Å². The highest BCUT2D eigenvalue weighted by atomic mass is 35.5. The second-order valence-electron chi connectivity index (χ2n) is 6.41. The molecule has 0 radical (unpaired) electrons. The van der Waals surface area contributed by atoms with Crippen LogP contribution in [0.5, 0.6) is 0 Å². The molecule has 0 spiro atoms. The largest absolute Gasteiger partial charge is 0.367 e. The van der Waals surface area contributed by atoms with Gasteiger partial charge in [-0.1, -0.05) is 23.7 Å². The van der Waals surface area contributed by atoms with Gasteiger partial charge in [0.05, 0.1) is 10.7 Å². The fourth-order valence-corrected chi connectivity index (χ4v) is 3.67. The van der Waals surface area contributed by atoms with Gasteiger partial charge in [-0.25, -0.2) is 4.79 Å². The quantitative estimate of drug-likeness (QED) is 0.915. The third-order valence-corrected chi connectivity index (χ3v) is 4.74. The van der Waals surface area contributed by atoms with E-state index in [2.05, 4.69) is 28.2 Å². The first-order valence-corrected chi connectivity index (χ1v) is 8.86. The molecule has 1 saturated heterocycles. The Morgan fingerprint density at radius 3 is 2.64 bits per heavy atom. The molecule has 0 saturated carbocycles. The summed E-state index contributed by atoms with van der Waals surface area (Å²) in [5.74, 6) is 0. The number of benzene rings is 1. The Bertz CT molecular complexity index is 719. The lowest BCUT2D eigenvalue weighted by Crippen LogP contribution is -2.52. The van der Waals surface area contributed by atoms with Crippen molar-refractivity contribution in [3.8, 4) is 0 Å². The Morgan fingerprint density at radius 1 is 1.24 bits per heavy atom. The van der Waals surface area contributed by atoms with Crippen LogP contribution in [0.2, 0.25) is 5.02 Å². The van der Waals surface area contributed by atoms with Crippen molar-refractivity contribution in [1.29, 1.82) is 0 Å².